The lowest BCUT2D eigenvalue weighted by atomic mass is 10.2. The average Bonchev–Trinajstić information content (AvgIpc) is 3.10. The van der Waals surface area contributed by atoms with Crippen LogP contribution in [0.1, 0.15) is 19.9 Å². The number of nitrogens with one attached hydrogen (secondary N) is 1. The van der Waals surface area contributed by atoms with Crippen molar-refractivity contribution >= 4 is 10.0 Å². The first-order chi connectivity index (χ1) is 12.5. The third-order valence-electron chi connectivity index (χ3n) is 4.39. The van der Waals surface area contributed by atoms with Crippen LogP contribution in [0.5, 0.6) is 0 Å². The van der Waals surface area contributed by atoms with E-state index in [2.05, 4.69) is 14.7 Å². The van der Waals surface area contributed by atoms with Gasteiger partial charge in [0, 0.05) is 44.0 Å². The zero-order chi connectivity index (χ0) is 18.6. The summed E-state index contributed by atoms with van der Waals surface area (Å²) in [6, 6.07) is 9.49. The maximum atomic E-state index is 12.9. The molecule has 0 bridgehead atoms. The molecule has 2 heterocycles. The molecular weight excluding hydrogens is 352 g/mol. The molecule has 26 heavy (non-hydrogen) atoms. The monoisotopic (exact) mass is 378 g/mol. The Morgan fingerprint density at radius 2 is 1.88 bits per heavy atom. The highest BCUT2D eigenvalue weighted by molar-refractivity contribution is 7.89. The zero-order valence-electron chi connectivity index (χ0n) is 15.3. The first-order valence-corrected chi connectivity index (χ1v) is 10.4. The number of hydrogen-bond acceptors (Lipinski definition) is 5. The summed E-state index contributed by atoms with van der Waals surface area (Å²) in [6.45, 7) is 8.06. The summed E-state index contributed by atoms with van der Waals surface area (Å²) >= 11 is 0. The van der Waals surface area contributed by atoms with Gasteiger partial charge in [0.15, 0.2) is 0 Å². The van der Waals surface area contributed by atoms with Crippen molar-refractivity contribution in [2.75, 3.05) is 39.4 Å². The topological polar surface area (TPSA) is 76.5 Å². The smallest absolute Gasteiger partial charge is 0.244 e. The van der Waals surface area contributed by atoms with Gasteiger partial charge in [0.2, 0.25) is 10.0 Å². The molecule has 1 aliphatic heterocycles. The van der Waals surface area contributed by atoms with Crippen LogP contribution in [-0.2, 0) is 14.8 Å². The second kappa shape index (κ2) is 8.30. The molecule has 1 N–H and O–H groups in total. The Kier molecular flexibility index (Phi) is 6.08. The maximum Gasteiger partial charge on any atom is 0.244 e. The molecule has 8 heteroatoms. The fourth-order valence-electron chi connectivity index (χ4n) is 2.87. The Labute approximate surface area is 155 Å². The van der Waals surface area contributed by atoms with Crippen LogP contribution in [0.15, 0.2) is 41.4 Å². The lowest BCUT2D eigenvalue weighted by molar-refractivity contribution is 0.0390. The van der Waals surface area contributed by atoms with E-state index in [1.54, 1.807) is 10.9 Å². The molecule has 2 aromatic rings. The van der Waals surface area contributed by atoms with E-state index in [1.165, 1.54) is 0 Å². The van der Waals surface area contributed by atoms with Crippen LogP contribution in [-0.4, -0.2) is 62.5 Å². The second-order valence-electron chi connectivity index (χ2n) is 6.63. The second-order valence-corrected chi connectivity index (χ2v) is 8.37. The summed E-state index contributed by atoms with van der Waals surface area (Å²) in [4.78, 5) is 2.42. The minimum Gasteiger partial charge on any atom is -0.379 e. The van der Waals surface area contributed by atoms with Crippen molar-refractivity contribution in [2.24, 2.45) is 0 Å². The summed E-state index contributed by atoms with van der Waals surface area (Å²) in [6.07, 6.45) is 1.62. The molecule has 1 aliphatic rings. The van der Waals surface area contributed by atoms with Crippen LogP contribution in [0, 0.1) is 0 Å². The molecule has 1 aromatic heterocycles. The van der Waals surface area contributed by atoms with Crippen molar-refractivity contribution in [1.29, 1.82) is 0 Å². The summed E-state index contributed by atoms with van der Waals surface area (Å²) in [5, 5.41) is 4.51. The third-order valence-corrected chi connectivity index (χ3v) is 5.85. The minimum atomic E-state index is -3.64. The van der Waals surface area contributed by atoms with E-state index >= 15 is 0 Å². The van der Waals surface area contributed by atoms with Crippen molar-refractivity contribution < 1.29 is 13.2 Å². The van der Waals surface area contributed by atoms with Crippen molar-refractivity contribution in [3.05, 3.63) is 36.5 Å². The summed E-state index contributed by atoms with van der Waals surface area (Å²) in [5.41, 5.74) is 1.28. The fourth-order valence-corrected chi connectivity index (χ4v) is 4.05. The lowest BCUT2D eigenvalue weighted by Crippen LogP contribution is -2.41. The summed E-state index contributed by atoms with van der Waals surface area (Å²) < 4.78 is 35.5. The average molecular weight is 378 g/mol. The number of sulfonamides is 1. The number of benzene rings is 1. The van der Waals surface area contributed by atoms with E-state index in [0.717, 1.165) is 18.7 Å². The first kappa shape index (κ1) is 19.0. The summed E-state index contributed by atoms with van der Waals surface area (Å²) in [7, 11) is -3.64. The van der Waals surface area contributed by atoms with Crippen LogP contribution < -0.4 is 4.72 Å². The molecule has 3 rings (SSSR count). The third kappa shape index (κ3) is 4.50. The molecule has 142 valence electrons. The number of rotatable bonds is 7. The van der Waals surface area contributed by atoms with Crippen LogP contribution in [0.25, 0.3) is 11.3 Å². The van der Waals surface area contributed by atoms with Crippen LogP contribution in [0.2, 0.25) is 0 Å². The van der Waals surface area contributed by atoms with Gasteiger partial charge in [-0.2, -0.15) is 5.10 Å². The molecule has 0 spiro atoms. The van der Waals surface area contributed by atoms with E-state index in [9.17, 15) is 8.42 Å². The van der Waals surface area contributed by atoms with E-state index < -0.39 is 10.0 Å². The van der Waals surface area contributed by atoms with Crippen LogP contribution in [0.4, 0.5) is 0 Å². The number of morpholine rings is 1. The lowest BCUT2D eigenvalue weighted by Gasteiger charge is -2.26. The molecule has 1 saturated heterocycles. The largest absolute Gasteiger partial charge is 0.379 e. The molecule has 0 saturated carbocycles. The Balaban J connectivity index is 1.79. The minimum absolute atomic E-state index is 0.0785. The highest BCUT2D eigenvalue weighted by atomic mass is 32.2. The number of aromatic nitrogens is 2. The molecule has 1 fully saturated rings. The molecule has 0 aliphatic carbocycles. The van der Waals surface area contributed by atoms with Gasteiger partial charge < -0.3 is 4.74 Å². The van der Waals surface area contributed by atoms with Crippen molar-refractivity contribution in [1.82, 2.24) is 19.4 Å². The highest BCUT2D eigenvalue weighted by Crippen LogP contribution is 2.26. The van der Waals surface area contributed by atoms with Crippen molar-refractivity contribution in [3.8, 4) is 11.3 Å². The highest BCUT2D eigenvalue weighted by Gasteiger charge is 2.24. The van der Waals surface area contributed by atoms with Gasteiger partial charge in [-0.05, 0) is 13.8 Å². The molecule has 0 atom stereocenters. The van der Waals surface area contributed by atoms with E-state index in [4.69, 9.17) is 4.74 Å². The molecule has 7 nitrogen and oxygen atoms in total. The summed E-state index contributed by atoms with van der Waals surface area (Å²) in [5.74, 6) is 0. The molecule has 0 radical (unpaired) electrons. The van der Waals surface area contributed by atoms with Gasteiger partial charge in [-0.15, -0.1) is 0 Å². The fraction of sp³-hybridized carbons (Fsp3) is 0.500. The van der Waals surface area contributed by atoms with Crippen LogP contribution in [0.3, 0.4) is 0 Å². The van der Waals surface area contributed by atoms with Crippen LogP contribution >= 0.6 is 0 Å². The SMILES string of the molecule is CC(C)n1cc(S(=O)(=O)NCCN2CCOCC2)c(-c2ccccc2)n1. The van der Waals surface area contributed by atoms with E-state index in [-0.39, 0.29) is 10.9 Å². The quantitative estimate of drug-likeness (QED) is 0.794. The maximum absolute atomic E-state index is 12.9. The number of hydrogen-bond donors (Lipinski definition) is 1. The number of ether oxygens (including phenoxy) is 1. The van der Waals surface area contributed by atoms with Gasteiger partial charge in [-0.3, -0.25) is 9.58 Å². The van der Waals surface area contributed by atoms with Crippen molar-refractivity contribution in [2.45, 2.75) is 24.8 Å². The Bertz CT molecular complexity index is 812. The first-order valence-electron chi connectivity index (χ1n) is 8.92. The molecule has 0 amide bonds. The Morgan fingerprint density at radius 3 is 2.54 bits per heavy atom. The van der Waals surface area contributed by atoms with Gasteiger partial charge in [-0.1, -0.05) is 30.3 Å². The predicted molar refractivity (Wildman–Crippen MR) is 100 cm³/mol. The molecule has 1 aromatic carbocycles. The van der Waals surface area contributed by atoms with Gasteiger partial charge in [-0.25, -0.2) is 13.1 Å². The Morgan fingerprint density at radius 1 is 1.19 bits per heavy atom. The van der Waals surface area contributed by atoms with Gasteiger partial charge in [0.1, 0.15) is 10.6 Å². The van der Waals surface area contributed by atoms with Gasteiger partial charge in [0.25, 0.3) is 0 Å². The normalized spacial score (nSPS) is 16.3. The molecular formula is C18H26N4O3S. The predicted octanol–water partition coefficient (Wildman–Crippen LogP) is 1.74. The van der Waals surface area contributed by atoms with E-state index in [0.29, 0.717) is 32.0 Å². The van der Waals surface area contributed by atoms with Gasteiger partial charge in [0.05, 0.1) is 13.2 Å². The van der Waals surface area contributed by atoms with Gasteiger partial charge >= 0.3 is 0 Å². The van der Waals surface area contributed by atoms with Crippen molar-refractivity contribution in [3.63, 3.8) is 0 Å². The number of nitrogens with zero attached hydrogens (tertiary/aromatic N) is 3. The van der Waals surface area contributed by atoms with E-state index in [1.807, 2.05) is 44.2 Å². The Hall–Kier alpha value is -1.74. The molecule has 0 unspecified atom stereocenters. The zero-order valence-corrected chi connectivity index (χ0v) is 16.1. The standard InChI is InChI=1S/C18H26N4O3S/c1-15(2)22-14-17(18(20-22)16-6-4-3-5-7-16)26(23,24)19-8-9-21-10-12-25-13-11-21/h3-7,14-15,19H,8-13H2,1-2H3.